The molecule has 0 bridgehead atoms. The van der Waals surface area contributed by atoms with E-state index in [-0.39, 0.29) is 0 Å². The van der Waals surface area contributed by atoms with Crippen molar-refractivity contribution in [2.45, 2.75) is 61.1 Å². The van der Waals surface area contributed by atoms with Gasteiger partial charge in [-0.2, -0.15) is 0 Å². The molecule has 120 valence electrons. The number of aryl methyl sites for hydroxylation is 1. The number of hydrogen-bond acceptors (Lipinski definition) is 3. The van der Waals surface area contributed by atoms with Gasteiger partial charge in [0.2, 0.25) is 0 Å². The van der Waals surface area contributed by atoms with Crippen LogP contribution in [0.3, 0.4) is 0 Å². The van der Waals surface area contributed by atoms with Gasteiger partial charge in [0.1, 0.15) is 5.82 Å². The van der Waals surface area contributed by atoms with E-state index in [1.807, 2.05) is 0 Å². The highest BCUT2D eigenvalue weighted by Crippen LogP contribution is 2.19. The number of aromatic nitrogens is 1. The number of pyridine rings is 1. The second-order valence-electron chi connectivity index (χ2n) is 7.14. The molecular weight excluding hydrogens is 258 g/mol. The molecule has 1 heterocycles. The Hall–Kier alpha value is -1.09. The topological polar surface area (TPSA) is 28.2 Å². The van der Waals surface area contributed by atoms with E-state index in [0.717, 1.165) is 31.1 Å². The SMILES string of the molecule is Cc1cc(CNCC(C)C)cc(N(CC(C)C)C(C)C)n1. The summed E-state index contributed by atoms with van der Waals surface area (Å²) in [7, 11) is 0. The first-order chi connectivity index (χ1) is 9.79. The maximum Gasteiger partial charge on any atom is 0.129 e. The Morgan fingerprint density at radius 3 is 2.24 bits per heavy atom. The average Bonchev–Trinajstić information content (AvgIpc) is 2.34. The van der Waals surface area contributed by atoms with Gasteiger partial charge in [0.25, 0.3) is 0 Å². The van der Waals surface area contributed by atoms with Crippen molar-refractivity contribution in [3.05, 3.63) is 23.4 Å². The summed E-state index contributed by atoms with van der Waals surface area (Å²) in [6, 6.07) is 4.89. The average molecular weight is 291 g/mol. The molecule has 0 aromatic carbocycles. The highest BCUT2D eigenvalue weighted by Gasteiger charge is 2.14. The lowest BCUT2D eigenvalue weighted by Gasteiger charge is -2.30. The number of nitrogens with zero attached hydrogens (tertiary/aromatic N) is 2. The Morgan fingerprint density at radius 2 is 1.71 bits per heavy atom. The van der Waals surface area contributed by atoms with Gasteiger partial charge >= 0.3 is 0 Å². The molecular formula is C18H33N3. The minimum atomic E-state index is 0.471. The van der Waals surface area contributed by atoms with Crippen molar-refractivity contribution in [2.24, 2.45) is 11.8 Å². The van der Waals surface area contributed by atoms with E-state index < -0.39 is 0 Å². The fourth-order valence-electron chi connectivity index (χ4n) is 2.44. The number of anilines is 1. The zero-order valence-corrected chi connectivity index (χ0v) is 14.9. The Balaban J connectivity index is 2.88. The fourth-order valence-corrected chi connectivity index (χ4v) is 2.44. The van der Waals surface area contributed by atoms with Gasteiger partial charge < -0.3 is 10.2 Å². The van der Waals surface area contributed by atoms with Crippen LogP contribution in [-0.4, -0.2) is 24.1 Å². The normalized spacial score (nSPS) is 11.7. The van der Waals surface area contributed by atoms with Crippen molar-refractivity contribution in [2.75, 3.05) is 18.0 Å². The molecule has 1 N–H and O–H groups in total. The molecule has 0 fully saturated rings. The molecule has 1 aromatic rings. The molecule has 21 heavy (non-hydrogen) atoms. The van der Waals surface area contributed by atoms with Crippen LogP contribution in [0.15, 0.2) is 12.1 Å². The van der Waals surface area contributed by atoms with Crippen LogP contribution in [0.1, 0.15) is 52.8 Å². The number of nitrogens with one attached hydrogen (secondary N) is 1. The summed E-state index contributed by atoms with van der Waals surface area (Å²) < 4.78 is 0. The highest BCUT2D eigenvalue weighted by molar-refractivity contribution is 5.43. The first-order valence-electron chi connectivity index (χ1n) is 8.24. The van der Waals surface area contributed by atoms with Crippen LogP contribution in [0.25, 0.3) is 0 Å². The monoisotopic (exact) mass is 291 g/mol. The van der Waals surface area contributed by atoms with Crippen molar-refractivity contribution in [3.8, 4) is 0 Å². The van der Waals surface area contributed by atoms with Crippen molar-refractivity contribution in [3.63, 3.8) is 0 Å². The molecule has 3 nitrogen and oxygen atoms in total. The first kappa shape index (κ1) is 18.0. The molecule has 3 heteroatoms. The van der Waals surface area contributed by atoms with Gasteiger partial charge in [-0.3, -0.25) is 0 Å². The van der Waals surface area contributed by atoms with Gasteiger partial charge in [0, 0.05) is 24.8 Å². The molecule has 0 amide bonds. The molecule has 0 saturated heterocycles. The summed E-state index contributed by atoms with van der Waals surface area (Å²) >= 11 is 0. The lowest BCUT2D eigenvalue weighted by atomic mass is 10.1. The minimum Gasteiger partial charge on any atom is -0.354 e. The molecule has 0 aliphatic rings. The van der Waals surface area contributed by atoms with E-state index in [9.17, 15) is 0 Å². The summed E-state index contributed by atoms with van der Waals surface area (Å²) in [4.78, 5) is 7.16. The van der Waals surface area contributed by atoms with Crippen LogP contribution in [0.2, 0.25) is 0 Å². The molecule has 0 unspecified atom stereocenters. The molecule has 1 rings (SSSR count). The van der Waals surface area contributed by atoms with Crippen LogP contribution in [-0.2, 0) is 6.54 Å². The third kappa shape index (κ3) is 6.47. The predicted octanol–water partition coefficient (Wildman–Crippen LogP) is 4.01. The zero-order chi connectivity index (χ0) is 16.0. The van der Waals surface area contributed by atoms with E-state index in [2.05, 4.69) is 70.8 Å². The van der Waals surface area contributed by atoms with Crippen LogP contribution < -0.4 is 10.2 Å². The first-order valence-corrected chi connectivity index (χ1v) is 8.24. The Morgan fingerprint density at radius 1 is 1.05 bits per heavy atom. The van der Waals surface area contributed by atoms with E-state index in [0.29, 0.717) is 17.9 Å². The number of hydrogen-bond donors (Lipinski definition) is 1. The number of rotatable bonds is 8. The maximum atomic E-state index is 4.75. The van der Waals surface area contributed by atoms with Crippen LogP contribution in [0.4, 0.5) is 5.82 Å². The summed E-state index contributed by atoms with van der Waals surface area (Å²) in [5.41, 5.74) is 2.43. The molecule has 0 radical (unpaired) electrons. The van der Waals surface area contributed by atoms with Gasteiger partial charge in [-0.15, -0.1) is 0 Å². The minimum absolute atomic E-state index is 0.471. The van der Waals surface area contributed by atoms with Gasteiger partial charge in [0.15, 0.2) is 0 Å². The third-order valence-corrected chi connectivity index (χ3v) is 3.36. The van der Waals surface area contributed by atoms with E-state index in [1.54, 1.807) is 0 Å². The Bertz CT molecular complexity index is 424. The standard InChI is InChI=1S/C18H33N3/c1-13(2)10-19-11-17-8-16(7)20-18(9-17)21(15(5)6)12-14(3)4/h8-9,13-15,19H,10-12H2,1-7H3. The second-order valence-corrected chi connectivity index (χ2v) is 7.14. The summed E-state index contributed by atoms with van der Waals surface area (Å²) in [6.45, 7) is 18.6. The van der Waals surface area contributed by atoms with E-state index in [4.69, 9.17) is 4.98 Å². The maximum absolute atomic E-state index is 4.75. The molecule has 1 aromatic heterocycles. The third-order valence-electron chi connectivity index (χ3n) is 3.36. The van der Waals surface area contributed by atoms with Crippen LogP contribution in [0, 0.1) is 18.8 Å². The second kappa shape index (κ2) is 8.38. The van der Waals surface area contributed by atoms with E-state index >= 15 is 0 Å². The molecule has 0 atom stereocenters. The molecule has 0 aliphatic carbocycles. The van der Waals surface area contributed by atoms with Crippen LogP contribution >= 0.6 is 0 Å². The quantitative estimate of drug-likeness (QED) is 0.784. The smallest absolute Gasteiger partial charge is 0.129 e. The largest absolute Gasteiger partial charge is 0.354 e. The summed E-state index contributed by atoms with van der Waals surface area (Å²) in [5, 5.41) is 3.52. The molecule has 0 saturated carbocycles. The summed E-state index contributed by atoms with van der Waals surface area (Å²) in [5.74, 6) is 2.43. The van der Waals surface area contributed by atoms with Gasteiger partial charge in [-0.05, 0) is 56.8 Å². The lowest BCUT2D eigenvalue weighted by molar-refractivity contribution is 0.550. The fraction of sp³-hybridized carbons (Fsp3) is 0.722. The van der Waals surface area contributed by atoms with Crippen molar-refractivity contribution in [1.29, 1.82) is 0 Å². The van der Waals surface area contributed by atoms with Gasteiger partial charge in [-0.1, -0.05) is 27.7 Å². The zero-order valence-electron chi connectivity index (χ0n) is 14.9. The molecule has 0 spiro atoms. The van der Waals surface area contributed by atoms with Crippen molar-refractivity contribution in [1.82, 2.24) is 10.3 Å². The highest BCUT2D eigenvalue weighted by atomic mass is 15.2. The Kier molecular flexibility index (Phi) is 7.16. The van der Waals surface area contributed by atoms with Crippen molar-refractivity contribution < 1.29 is 0 Å². The van der Waals surface area contributed by atoms with E-state index in [1.165, 1.54) is 5.56 Å². The predicted molar refractivity (Wildman–Crippen MR) is 92.8 cm³/mol. The summed E-state index contributed by atoms with van der Waals surface area (Å²) in [6.07, 6.45) is 0. The molecule has 0 aliphatic heterocycles. The lowest BCUT2D eigenvalue weighted by Crippen LogP contribution is -2.35. The Labute approximate surface area is 131 Å². The van der Waals surface area contributed by atoms with Gasteiger partial charge in [-0.25, -0.2) is 4.98 Å². The van der Waals surface area contributed by atoms with Crippen LogP contribution in [0.5, 0.6) is 0 Å². The van der Waals surface area contributed by atoms with Crippen molar-refractivity contribution >= 4 is 5.82 Å². The van der Waals surface area contributed by atoms with Gasteiger partial charge in [0.05, 0.1) is 0 Å².